The second kappa shape index (κ2) is 12.3. The Morgan fingerprint density at radius 1 is 1.02 bits per heavy atom. The lowest BCUT2D eigenvalue weighted by molar-refractivity contribution is -0.141. The number of pyridine rings is 1. The molecule has 1 fully saturated rings. The predicted molar refractivity (Wildman–Crippen MR) is 175 cm³/mol. The fraction of sp³-hybridized carbons (Fsp3) is 0.270. The molecule has 9 nitrogen and oxygen atoms in total. The molecule has 0 saturated carbocycles. The number of hydrazine groups is 1. The van der Waals surface area contributed by atoms with Crippen LogP contribution >= 0.6 is 11.6 Å². The molecule has 0 radical (unpaired) electrons. The number of halogens is 4. The van der Waals surface area contributed by atoms with E-state index in [2.05, 4.69) is 4.98 Å². The number of allylic oxidation sites excluding steroid dienone is 6. The quantitative estimate of drug-likeness (QED) is 0.175. The molecule has 256 valence electrons. The van der Waals surface area contributed by atoms with E-state index >= 15 is 0 Å². The number of hydrogen-bond acceptors (Lipinski definition) is 8. The standard InChI is InChI=1S/C37H29ClF3N3O6/c1-18-14-28(46)32-25(33(18)47)16-24-21(30(32)22-9-8-20(15-27(22)45)50-17-19-6-4-3-5-7-19)10-11-23-31(24)36(49)44(35(23)48)43(2)34-26(38)12-13-29(42-34)37(39,40)41/h3-10,12-15,23-24,30-31,45H,11,16-17H2,1-2H3. The summed E-state index contributed by atoms with van der Waals surface area (Å²) in [5, 5.41) is 12.9. The Morgan fingerprint density at radius 3 is 2.46 bits per heavy atom. The van der Waals surface area contributed by atoms with Crippen molar-refractivity contribution in [2.24, 2.45) is 17.8 Å². The predicted octanol–water partition coefficient (Wildman–Crippen LogP) is 6.52. The Balaban J connectivity index is 1.26. The zero-order valence-corrected chi connectivity index (χ0v) is 27.5. The lowest BCUT2D eigenvalue weighted by Crippen LogP contribution is -2.46. The SMILES string of the molecule is CC1=CC(=O)C2=C(CC3C(=CCC4C(=O)N(N(C)c5nc(C(F)(F)F)ccc5Cl)C(=O)C43)C2c2ccc(OCc3ccccc3)cc2O)C1=O. The van der Waals surface area contributed by atoms with E-state index in [1.807, 2.05) is 30.3 Å². The zero-order chi connectivity index (χ0) is 35.6. The number of imide groups is 1. The number of benzene rings is 2. The molecular formula is C37H29ClF3N3O6. The summed E-state index contributed by atoms with van der Waals surface area (Å²) in [4.78, 5) is 58.9. The summed E-state index contributed by atoms with van der Waals surface area (Å²) in [6.07, 6.45) is -1.71. The third-order valence-corrected chi connectivity index (χ3v) is 10.1. The fourth-order valence-electron chi connectivity index (χ4n) is 7.53. The van der Waals surface area contributed by atoms with Crippen molar-refractivity contribution >= 4 is 40.8 Å². The molecule has 50 heavy (non-hydrogen) atoms. The maximum atomic E-state index is 14.2. The van der Waals surface area contributed by atoms with Crippen LogP contribution in [-0.2, 0) is 32.0 Å². The number of alkyl halides is 3. The Hall–Kier alpha value is -5.23. The maximum absolute atomic E-state index is 14.2. The van der Waals surface area contributed by atoms with Crippen LogP contribution in [0.4, 0.5) is 19.0 Å². The molecule has 4 atom stereocenters. The minimum atomic E-state index is -4.80. The molecular weight excluding hydrogens is 675 g/mol. The van der Waals surface area contributed by atoms with E-state index in [1.165, 1.54) is 26.1 Å². The third kappa shape index (κ3) is 5.47. The summed E-state index contributed by atoms with van der Waals surface area (Å²) in [7, 11) is 1.23. The number of aromatic nitrogens is 1. The molecule has 1 aromatic heterocycles. The van der Waals surface area contributed by atoms with Crippen LogP contribution in [0.5, 0.6) is 11.5 Å². The van der Waals surface area contributed by atoms with Crippen LogP contribution in [0.1, 0.15) is 42.5 Å². The molecule has 4 aliphatic rings. The minimum Gasteiger partial charge on any atom is -0.507 e. The van der Waals surface area contributed by atoms with Gasteiger partial charge in [-0.2, -0.15) is 18.2 Å². The molecule has 7 rings (SSSR count). The molecule has 1 aliphatic heterocycles. The van der Waals surface area contributed by atoms with Crippen molar-refractivity contribution in [2.75, 3.05) is 12.1 Å². The molecule has 3 aromatic rings. The number of anilines is 1. The number of amides is 2. The average Bonchev–Trinajstić information content (AvgIpc) is 3.34. The number of aromatic hydroxyl groups is 1. The Labute approximate surface area is 289 Å². The van der Waals surface area contributed by atoms with Gasteiger partial charge in [0.2, 0.25) is 0 Å². The van der Waals surface area contributed by atoms with Gasteiger partial charge >= 0.3 is 6.18 Å². The second-order valence-electron chi connectivity index (χ2n) is 12.7. The number of phenolic OH excluding ortho intramolecular Hbond substituents is 1. The molecule has 2 aromatic carbocycles. The molecule has 0 bridgehead atoms. The summed E-state index contributed by atoms with van der Waals surface area (Å²) < 4.78 is 46.4. The molecule has 3 aliphatic carbocycles. The van der Waals surface area contributed by atoms with Gasteiger partial charge < -0.3 is 9.84 Å². The van der Waals surface area contributed by atoms with E-state index in [0.717, 1.165) is 21.6 Å². The number of carbonyl (C=O) groups is 4. The summed E-state index contributed by atoms with van der Waals surface area (Å²) in [5.74, 6) is -5.97. The Kier molecular flexibility index (Phi) is 8.17. The first kappa shape index (κ1) is 33.3. The summed E-state index contributed by atoms with van der Waals surface area (Å²) >= 11 is 6.22. The highest BCUT2D eigenvalue weighted by atomic mass is 35.5. The van der Waals surface area contributed by atoms with E-state index in [9.17, 15) is 37.5 Å². The van der Waals surface area contributed by atoms with Crippen molar-refractivity contribution in [3.8, 4) is 11.5 Å². The van der Waals surface area contributed by atoms with Crippen LogP contribution < -0.4 is 9.75 Å². The molecule has 2 heterocycles. The number of ether oxygens (including phenoxy) is 1. The smallest absolute Gasteiger partial charge is 0.433 e. The fourth-order valence-corrected chi connectivity index (χ4v) is 7.75. The number of Topliss-reactive ketones (excluding diaryl/α,β-unsaturated/α-hetero) is 1. The van der Waals surface area contributed by atoms with E-state index in [0.29, 0.717) is 23.0 Å². The first-order valence-corrected chi connectivity index (χ1v) is 16.2. The summed E-state index contributed by atoms with van der Waals surface area (Å²) in [6.45, 7) is 1.77. The van der Waals surface area contributed by atoms with Crippen molar-refractivity contribution in [1.82, 2.24) is 9.99 Å². The molecule has 1 saturated heterocycles. The van der Waals surface area contributed by atoms with Crippen molar-refractivity contribution in [2.45, 2.75) is 38.5 Å². The number of rotatable bonds is 6. The normalized spacial score (nSPS) is 23.3. The number of hydrogen-bond donors (Lipinski definition) is 1. The number of phenols is 1. The van der Waals surface area contributed by atoms with Crippen LogP contribution in [0.3, 0.4) is 0 Å². The molecule has 1 N–H and O–H groups in total. The van der Waals surface area contributed by atoms with E-state index in [1.54, 1.807) is 18.2 Å². The summed E-state index contributed by atoms with van der Waals surface area (Å²) in [5.41, 5.74) is 1.19. The lowest BCUT2D eigenvalue weighted by Gasteiger charge is -2.42. The monoisotopic (exact) mass is 703 g/mol. The van der Waals surface area contributed by atoms with Crippen LogP contribution in [0, 0.1) is 17.8 Å². The second-order valence-corrected chi connectivity index (χ2v) is 13.1. The molecule has 13 heteroatoms. The first-order chi connectivity index (χ1) is 23.8. The molecule has 4 unspecified atom stereocenters. The van der Waals surface area contributed by atoms with Gasteiger partial charge in [0.15, 0.2) is 17.4 Å². The van der Waals surface area contributed by atoms with Gasteiger partial charge in [-0.1, -0.05) is 59.6 Å². The van der Waals surface area contributed by atoms with Crippen LogP contribution in [-0.4, -0.2) is 45.5 Å². The molecule has 0 spiro atoms. The number of ketones is 2. The van der Waals surface area contributed by atoms with E-state index < -0.39 is 59.0 Å². The number of fused-ring (bicyclic) bond motifs is 3. The van der Waals surface area contributed by atoms with Crippen LogP contribution in [0.15, 0.2) is 95.1 Å². The van der Waals surface area contributed by atoms with Gasteiger partial charge in [0.05, 0.1) is 16.9 Å². The number of carbonyl (C=O) groups excluding carboxylic acids is 4. The van der Waals surface area contributed by atoms with E-state index in [4.69, 9.17) is 16.3 Å². The average molecular weight is 704 g/mol. The molecule has 2 amide bonds. The zero-order valence-electron chi connectivity index (χ0n) is 26.7. The van der Waals surface area contributed by atoms with Crippen molar-refractivity contribution in [1.29, 1.82) is 0 Å². The first-order valence-electron chi connectivity index (χ1n) is 15.8. The van der Waals surface area contributed by atoms with Gasteiger partial charge in [-0.05, 0) is 55.5 Å². The van der Waals surface area contributed by atoms with Gasteiger partial charge in [0, 0.05) is 41.3 Å². The Bertz CT molecular complexity index is 2080. The van der Waals surface area contributed by atoms with Gasteiger partial charge in [-0.15, -0.1) is 0 Å². The topological polar surface area (TPSA) is 117 Å². The van der Waals surface area contributed by atoms with E-state index in [-0.39, 0.29) is 52.7 Å². The summed E-state index contributed by atoms with van der Waals surface area (Å²) in [6, 6.07) is 15.8. The van der Waals surface area contributed by atoms with Crippen molar-refractivity contribution < 1.29 is 42.2 Å². The van der Waals surface area contributed by atoms with Crippen molar-refractivity contribution in [3.63, 3.8) is 0 Å². The van der Waals surface area contributed by atoms with Crippen LogP contribution in [0.25, 0.3) is 0 Å². The minimum absolute atomic E-state index is 0.0211. The number of nitrogens with zero attached hydrogens (tertiary/aromatic N) is 3. The highest BCUT2D eigenvalue weighted by Gasteiger charge is 2.58. The third-order valence-electron chi connectivity index (χ3n) is 9.82. The highest BCUT2D eigenvalue weighted by Crippen LogP contribution is 2.56. The Morgan fingerprint density at radius 2 is 1.76 bits per heavy atom. The lowest BCUT2D eigenvalue weighted by atomic mass is 9.59. The largest absolute Gasteiger partial charge is 0.507 e. The van der Waals surface area contributed by atoms with Crippen molar-refractivity contribution in [3.05, 3.63) is 117 Å². The maximum Gasteiger partial charge on any atom is 0.433 e. The van der Waals surface area contributed by atoms with Gasteiger partial charge in [-0.25, -0.2) is 4.98 Å². The highest BCUT2D eigenvalue weighted by molar-refractivity contribution is 6.33. The van der Waals surface area contributed by atoms with Crippen LogP contribution in [0.2, 0.25) is 5.02 Å². The van der Waals surface area contributed by atoms with Gasteiger partial charge in [0.1, 0.15) is 23.8 Å². The van der Waals surface area contributed by atoms with Gasteiger partial charge in [-0.3, -0.25) is 24.2 Å². The van der Waals surface area contributed by atoms with Gasteiger partial charge in [0.25, 0.3) is 11.8 Å².